The maximum atomic E-state index is 13.7. The van der Waals surface area contributed by atoms with E-state index in [9.17, 15) is 18.0 Å². The smallest absolute Gasteiger partial charge is 0.362 e. The molecule has 27 heavy (non-hydrogen) atoms. The number of carbonyl (C=O) groups is 1. The van der Waals surface area contributed by atoms with Gasteiger partial charge >= 0.3 is 6.18 Å². The van der Waals surface area contributed by atoms with E-state index >= 15 is 0 Å². The van der Waals surface area contributed by atoms with Crippen LogP contribution in [-0.2, 0) is 0 Å². The van der Waals surface area contributed by atoms with Gasteiger partial charge in [0.25, 0.3) is 5.91 Å². The Labute approximate surface area is 159 Å². The van der Waals surface area contributed by atoms with Gasteiger partial charge in [-0.1, -0.05) is 55.3 Å². The number of benzene rings is 1. The second-order valence-electron chi connectivity index (χ2n) is 6.47. The molecule has 9 heteroatoms. The fraction of sp³-hybridized carbons (Fsp3) is 0.444. The molecule has 146 valence electrons. The Hall–Kier alpha value is -2.22. The fourth-order valence-electron chi connectivity index (χ4n) is 3.10. The Morgan fingerprint density at radius 1 is 1.37 bits per heavy atom. The van der Waals surface area contributed by atoms with E-state index in [-0.39, 0.29) is 23.0 Å². The minimum absolute atomic E-state index is 0.0136. The molecule has 1 aliphatic heterocycles. The van der Waals surface area contributed by atoms with Gasteiger partial charge in [-0.15, -0.1) is 0 Å². The van der Waals surface area contributed by atoms with Crippen molar-refractivity contribution < 1.29 is 18.0 Å². The van der Waals surface area contributed by atoms with Crippen LogP contribution in [0, 0.1) is 0 Å². The summed E-state index contributed by atoms with van der Waals surface area (Å²) >= 11 is 6.24. The first-order valence-corrected chi connectivity index (χ1v) is 9.15. The van der Waals surface area contributed by atoms with E-state index in [1.807, 2.05) is 6.92 Å². The lowest BCUT2D eigenvalue weighted by molar-refractivity contribution is -0.173. The molecule has 0 bridgehead atoms. The summed E-state index contributed by atoms with van der Waals surface area (Å²) in [5, 5.41) is 9.45. The van der Waals surface area contributed by atoms with E-state index in [0.717, 1.165) is 17.5 Å². The van der Waals surface area contributed by atoms with Crippen molar-refractivity contribution in [3.63, 3.8) is 0 Å². The maximum Gasteiger partial charge on any atom is 0.410 e. The van der Waals surface area contributed by atoms with Crippen LogP contribution in [0.4, 0.5) is 19.0 Å². The van der Waals surface area contributed by atoms with Crippen LogP contribution in [0.1, 0.15) is 54.3 Å². The highest BCUT2D eigenvalue weighted by Gasteiger charge is 2.47. The highest BCUT2D eigenvalue weighted by Crippen LogP contribution is 2.46. The minimum Gasteiger partial charge on any atom is -0.362 e. The van der Waals surface area contributed by atoms with Gasteiger partial charge in [-0.05, 0) is 12.0 Å². The van der Waals surface area contributed by atoms with Gasteiger partial charge in [0.05, 0.1) is 6.04 Å². The minimum atomic E-state index is -4.52. The number of hydrogen-bond acceptors (Lipinski definition) is 3. The number of nitrogens with zero attached hydrogens (tertiary/aromatic N) is 2. The van der Waals surface area contributed by atoms with E-state index < -0.39 is 24.2 Å². The third-order valence-corrected chi connectivity index (χ3v) is 4.89. The standard InChI is InChI=1S/C18H20ClF3N4O/c1-2-3-9-23-17(27)15-14(19)16-24-12(11-7-5-4-6-8-11)10-13(18(20,21)22)26(16)25-15/h4-8,12-13,24H,2-3,9-10H2,1H3,(H,23,27)/t12-,13-/m0/s1. The first-order valence-electron chi connectivity index (χ1n) is 8.77. The van der Waals surface area contributed by atoms with Crippen LogP contribution < -0.4 is 10.6 Å². The quantitative estimate of drug-likeness (QED) is 0.713. The number of fused-ring (bicyclic) bond motifs is 1. The van der Waals surface area contributed by atoms with E-state index in [2.05, 4.69) is 15.7 Å². The molecular formula is C18H20ClF3N4O. The number of rotatable bonds is 5. The molecule has 3 rings (SSSR count). The van der Waals surface area contributed by atoms with Crippen molar-refractivity contribution in [2.24, 2.45) is 0 Å². The molecule has 1 amide bonds. The molecule has 1 aromatic heterocycles. The molecular weight excluding hydrogens is 381 g/mol. The molecule has 0 aliphatic carbocycles. The summed E-state index contributed by atoms with van der Waals surface area (Å²) in [5.74, 6) is -0.561. The molecule has 0 fully saturated rings. The number of aromatic nitrogens is 2. The zero-order valence-electron chi connectivity index (χ0n) is 14.7. The molecule has 2 atom stereocenters. The third-order valence-electron chi connectivity index (χ3n) is 4.53. The van der Waals surface area contributed by atoms with Crippen molar-refractivity contribution in [1.82, 2.24) is 15.1 Å². The van der Waals surface area contributed by atoms with Crippen LogP contribution in [0.15, 0.2) is 30.3 Å². The average molecular weight is 401 g/mol. The number of alkyl halides is 3. The zero-order valence-corrected chi connectivity index (χ0v) is 15.4. The number of unbranched alkanes of at least 4 members (excludes halogenated alkanes) is 1. The third kappa shape index (κ3) is 4.05. The SMILES string of the molecule is CCCCNC(=O)c1nn2c(c1Cl)N[C@H](c1ccccc1)C[C@H]2C(F)(F)F. The highest BCUT2D eigenvalue weighted by molar-refractivity contribution is 6.36. The van der Waals surface area contributed by atoms with Crippen molar-refractivity contribution in [2.45, 2.75) is 44.4 Å². The van der Waals surface area contributed by atoms with E-state index in [4.69, 9.17) is 11.6 Å². The first kappa shape index (κ1) is 19.5. The Bertz CT molecular complexity index is 807. The van der Waals surface area contributed by atoms with Crippen LogP contribution in [0.2, 0.25) is 5.02 Å². The normalized spacial score (nSPS) is 19.3. The summed E-state index contributed by atoms with van der Waals surface area (Å²) in [7, 11) is 0. The molecule has 5 nitrogen and oxygen atoms in total. The van der Waals surface area contributed by atoms with E-state index in [1.54, 1.807) is 30.3 Å². The van der Waals surface area contributed by atoms with Gasteiger partial charge in [0.1, 0.15) is 10.8 Å². The molecule has 0 spiro atoms. The van der Waals surface area contributed by atoms with Gasteiger partial charge in [0.2, 0.25) is 0 Å². The number of anilines is 1. The predicted molar refractivity (Wildman–Crippen MR) is 97.0 cm³/mol. The summed E-state index contributed by atoms with van der Waals surface area (Å²) in [4.78, 5) is 12.3. The second-order valence-corrected chi connectivity index (χ2v) is 6.84. The Morgan fingerprint density at radius 3 is 2.70 bits per heavy atom. The summed E-state index contributed by atoms with van der Waals surface area (Å²) in [5.41, 5.74) is 0.516. The lowest BCUT2D eigenvalue weighted by Gasteiger charge is -2.33. The summed E-state index contributed by atoms with van der Waals surface area (Å²) < 4.78 is 41.8. The van der Waals surface area contributed by atoms with Crippen molar-refractivity contribution in [2.75, 3.05) is 11.9 Å². The molecule has 0 unspecified atom stereocenters. The van der Waals surface area contributed by atoms with E-state index in [0.29, 0.717) is 12.1 Å². The van der Waals surface area contributed by atoms with Crippen LogP contribution in [-0.4, -0.2) is 28.4 Å². The monoisotopic (exact) mass is 400 g/mol. The van der Waals surface area contributed by atoms with Crippen LogP contribution in [0.25, 0.3) is 0 Å². The zero-order chi connectivity index (χ0) is 19.6. The fourth-order valence-corrected chi connectivity index (χ4v) is 3.37. The van der Waals surface area contributed by atoms with Gasteiger partial charge in [0, 0.05) is 13.0 Å². The summed E-state index contributed by atoms with van der Waals surface area (Å²) in [6.45, 7) is 2.38. The molecule has 0 radical (unpaired) electrons. The average Bonchev–Trinajstić information content (AvgIpc) is 2.98. The largest absolute Gasteiger partial charge is 0.410 e. The van der Waals surface area contributed by atoms with Gasteiger partial charge in [0.15, 0.2) is 11.7 Å². The molecule has 1 aliphatic rings. The van der Waals surface area contributed by atoms with Gasteiger partial charge in [-0.2, -0.15) is 18.3 Å². The maximum absolute atomic E-state index is 13.7. The van der Waals surface area contributed by atoms with Crippen LogP contribution in [0.3, 0.4) is 0 Å². The molecule has 2 aromatic rings. The first-order chi connectivity index (χ1) is 12.8. The molecule has 0 saturated heterocycles. The molecule has 2 N–H and O–H groups in total. The Balaban J connectivity index is 1.96. The molecule has 2 heterocycles. The number of hydrogen-bond donors (Lipinski definition) is 2. The predicted octanol–water partition coefficient (Wildman–Crippen LogP) is 4.73. The Kier molecular flexibility index (Phi) is 5.64. The number of amides is 1. The van der Waals surface area contributed by atoms with Gasteiger partial charge in [-0.3, -0.25) is 4.79 Å². The van der Waals surface area contributed by atoms with Gasteiger partial charge in [-0.25, -0.2) is 4.68 Å². The van der Waals surface area contributed by atoms with E-state index in [1.165, 1.54) is 0 Å². The number of nitrogens with one attached hydrogen (secondary N) is 2. The van der Waals surface area contributed by atoms with Crippen molar-refractivity contribution in [3.05, 3.63) is 46.6 Å². The number of halogens is 4. The Morgan fingerprint density at radius 2 is 2.07 bits per heavy atom. The van der Waals surface area contributed by atoms with Crippen molar-refractivity contribution >= 4 is 23.3 Å². The van der Waals surface area contributed by atoms with Crippen LogP contribution in [0.5, 0.6) is 0 Å². The lowest BCUT2D eigenvalue weighted by Crippen LogP contribution is -2.36. The second kappa shape index (κ2) is 7.80. The van der Waals surface area contributed by atoms with Crippen LogP contribution >= 0.6 is 11.6 Å². The lowest BCUT2D eigenvalue weighted by atomic mass is 9.97. The summed E-state index contributed by atoms with van der Waals surface area (Å²) in [6.07, 6.45) is -3.12. The molecule has 0 saturated carbocycles. The van der Waals surface area contributed by atoms with Gasteiger partial charge < -0.3 is 10.6 Å². The molecule has 1 aromatic carbocycles. The number of carbonyl (C=O) groups excluding carboxylic acids is 1. The summed E-state index contributed by atoms with van der Waals surface area (Å²) in [6, 6.07) is 6.37. The topological polar surface area (TPSA) is 59.0 Å². The van der Waals surface area contributed by atoms with Crippen molar-refractivity contribution in [3.8, 4) is 0 Å². The highest BCUT2D eigenvalue weighted by atomic mass is 35.5. The van der Waals surface area contributed by atoms with Crippen molar-refractivity contribution in [1.29, 1.82) is 0 Å².